The van der Waals surface area contributed by atoms with Crippen LogP contribution in [0.3, 0.4) is 0 Å². The molecule has 0 aliphatic heterocycles. The van der Waals surface area contributed by atoms with Crippen LogP contribution in [0, 0.1) is 17.6 Å². The zero-order valence-corrected chi connectivity index (χ0v) is 11.0. The standard InChI is InChI=1S/C15H18F2O2/c1-10-2-5-12(6-3-10)19-9-15(18)13-8-11(16)4-7-14(13)17/h4,7-8,10,12H,2-3,5-6,9H2,1H3. The Bertz CT molecular complexity index is 451. The number of ether oxygens (including phenoxy) is 1. The summed E-state index contributed by atoms with van der Waals surface area (Å²) in [5, 5.41) is 0. The molecule has 0 bridgehead atoms. The van der Waals surface area contributed by atoms with E-state index in [9.17, 15) is 13.6 Å². The average molecular weight is 268 g/mol. The van der Waals surface area contributed by atoms with E-state index in [0.29, 0.717) is 5.92 Å². The van der Waals surface area contributed by atoms with Crippen molar-refractivity contribution in [3.63, 3.8) is 0 Å². The van der Waals surface area contributed by atoms with Crippen molar-refractivity contribution in [1.82, 2.24) is 0 Å². The van der Waals surface area contributed by atoms with Gasteiger partial charge in [-0.1, -0.05) is 6.92 Å². The molecule has 1 aliphatic rings. The Morgan fingerprint density at radius 1 is 1.26 bits per heavy atom. The molecule has 0 heterocycles. The number of carbonyl (C=O) groups excluding carboxylic acids is 1. The molecule has 0 aromatic heterocycles. The second-order valence-electron chi connectivity index (χ2n) is 5.24. The first-order valence-electron chi connectivity index (χ1n) is 6.66. The maximum atomic E-state index is 13.4. The van der Waals surface area contributed by atoms with Gasteiger partial charge in [0.25, 0.3) is 0 Å². The number of carbonyl (C=O) groups is 1. The molecule has 0 radical (unpaired) electrons. The van der Waals surface area contributed by atoms with Gasteiger partial charge >= 0.3 is 0 Å². The molecule has 19 heavy (non-hydrogen) atoms. The third-order valence-electron chi connectivity index (χ3n) is 3.64. The molecule has 104 valence electrons. The molecule has 0 N–H and O–H groups in total. The van der Waals surface area contributed by atoms with Crippen LogP contribution in [0.5, 0.6) is 0 Å². The zero-order valence-electron chi connectivity index (χ0n) is 11.0. The maximum absolute atomic E-state index is 13.4. The molecular weight excluding hydrogens is 250 g/mol. The molecule has 0 atom stereocenters. The maximum Gasteiger partial charge on any atom is 0.191 e. The van der Waals surface area contributed by atoms with E-state index in [-0.39, 0.29) is 18.3 Å². The Kier molecular flexibility index (Phi) is 4.64. The summed E-state index contributed by atoms with van der Waals surface area (Å²) >= 11 is 0. The highest BCUT2D eigenvalue weighted by molar-refractivity contribution is 5.97. The summed E-state index contributed by atoms with van der Waals surface area (Å²) < 4.78 is 31.9. The number of ketones is 1. The molecule has 2 nitrogen and oxygen atoms in total. The summed E-state index contributed by atoms with van der Waals surface area (Å²) in [4.78, 5) is 11.8. The van der Waals surface area contributed by atoms with Crippen LogP contribution in [0.15, 0.2) is 18.2 Å². The second kappa shape index (κ2) is 6.24. The van der Waals surface area contributed by atoms with Gasteiger partial charge in [0, 0.05) is 0 Å². The van der Waals surface area contributed by atoms with Crippen LogP contribution < -0.4 is 0 Å². The highest BCUT2D eigenvalue weighted by atomic mass is 19.1. The molecular formula is C15H18F2O2. The fourth-order valence-electron chi connectivity index (χ4n) is 2.38. The Morgan fingerprint density at radius 3 is 2.63 bits per heavy atom. The Morgan fingerprint density at radius 2 is 1.95 bits per heavy atom. The number of Topliss-reactive ketones (excluding diaryl/α,β-unsaturated/α-hetero) is 1. The first kappa shape index (κ1) is 14.1. The van der Waals surface area contributed by atoms with E-state index in [0.717, 1.165) is 43.9 Å². The molecule has 1 aromatic rings. The molecule has 0 amide bonds. The van der Waals surface area contributed by atoms with Crippen molar-refractivity contribution in [2.75, 3.05) is 6.61 Å². The minimum atomic E-state index is -0.702. The van der Waals surface area contributed by atoms with Gasteiger partial charge in [0.2, 0.25) is 0 Å². The number of rotatable bonds is 4. The highest BCUT2D eigenvalue weighted by Crippen LogP contribution is 2.25. The van der Waals surface area contributed by atoms with Crippen LogP contribution >= 0.6 is 0 Å². The zero-order chi connectivity index (χ0) is 13.8. The molecule has 2 rings (SSSR count). The normalized spacial score (nSPS) is 23.3. The molecule has 4 heteroatoms. The summed E-state index contributed by atoms with van der Waals surface area (Å²) in [6.45, 7) is 2.02. The monoisotopic (exact) mass is 268 g/mol. The number of hydrogen-bond acceptors (Lipinski definition) is 2. The first-order chi connectivity index (χ1) is 9.06. The second-order valence-corrected chi connectivity index (χ2v) is 5.24. The van der Waals surface area contributed by atoms with Crippen LogP contribution in [0.2, 0.25) is 0 Å². The predicted molar refractivity (Wildman–Crippen MR) is 68.1 cm³/mol. The minimum absolute atomic E-state index is 0.0665. The van der Waals surface area contributed by atoms with Gasteiger partial charge < -0.3 is 4.74 Å². The van der Waals surface area contributed by atoms with Crippen LogP contribution in [-0.4, -0.2) is 18.5 Å². The molecule has 1 aliphatic carbocycles. The fourth-order valence-corrected chi connectivity index (χ4v) is 2.38. The summed E-state index contributed by atoms with van der Waals surface area (Å²) in [5.74, 6) is -1.12. The van der Waals surface area contributed by atoms with Gasteiger partial charge in [-0.3, -0.25) is 4.79 Å². The van der Waals surface area contributed by atoms with Gasteiger partial charge in [-0.05, 0) is 49.8 Å². The number of hydrogen-bond donors (Lipinski definition) is 0. The summed E-state index contributed by atoms with van der Waals surface area (Å²) in [5.41, 5.74) is -0.232. The largest absolute Gasteiger partial charge is 0.370 e. The smallest absolute Gasteiger partial charge is 0.191 e. The average Bonchev–Trinajstić information content (AvgIpc) is 2.40. The lowest BCUT2D eigenvalue weighted by atomic mass is 9.89. The minimum Gasteiger partial charge on any atom is -0.370 e. The molecule has 1 fully saturated rings. The highest BCUT2D eigenvalue weighted by Gasteiger charge is 2.20. The molecule has 1 aromatic carbocycles. The van der Waals surface area contributed by atoms with Crippen molar-refractivity contribution in [3.05, 3.63) is 35.4 Å². The van der Waals surface area contributed by atoms with Crippen molar-refractivity contribution in [2.24, 2.45) is 5.92 Å². The predicted octanol–water partition coefficient (Wildman–Crippen LogP) is 3.74. The SMILES string of the molecule is CC1CCC(OCC(=O)c2cc(F)ccc2F)CC1. The van der Waals surface area contributed by atoms with E-state index < -0.39 is 17.4 Å². The van der Waals surface area contributed by atoms with Gasteiger partial charge in [0.15, 0.2) is 5.78 Å². The third kappa shape index (κ3) is 3.83. The van der Waals surface area contributed by atoms with Gasteiger partial charge in [-0.25, -0.2) is 8.78 Å². The van der Waals surface area contributed by atoms with Crippen molar-refractivity contribution >= 4 is 5.78 Å². The quantitative estimate of drug-likeness (QED) is 0.777. The summed E-state index contributed by atoms with van der Waals surface area (Å²) in [6, 6.07) is 2.88. The van der Waals surface area contributed by atoms with Crippen LogP contribution in [-0.2, 0) is 4.74 Å². The van der Waals surface area contributed by atoms with Gasteiger partial charge in [-0.15, -0.1) is 0 Å². The Balaban J connectivity index is 1.89. The topological polar surface area (TPSA) is 26.3 Å². The van der Waals surface area contributed by atoms with E-state index in [1.54, 1.807) is 0 Å². The molecule has 1 saturated carbocycles. The number of halogens is 2. The number of benzene rings is 1. The fraction of sp³-hybridized carbons (Fsp3) is 0.533. The lowest BCUT2D eigenvalue weighted by Gasteiger charge is -2.25. The molecule has 0 spiro atoms. The first-order valence-corrected chi connectivity index (χ1v) is 6.66. The summed E-state index contributed by atoms with van der Waals surface area (Å²) in [6.07, 6.45) is 4.11. The van der Waals surface area contributed by atoms with Crippen molar-refractivity contribution < 1.29 is 18.3 Å². The lowest BCUT2D eigenvalue weighted by Crippen LogP contribution is -2.23. The van der Waals surface area contributed by atoms with Crippen molar-refractivity contribution in [3.8, 4) is 0 Å². The van der Waals surface area contributed by atoms with E-state index >= 15 is 0 Å². The van der Waals surface area contributed by atoms with E-state index in [2.05, 4.69) is 6.92 Å². The van der Waals surface area contributed by atoms with Crippen LogP contribution in [0.4, 0.5) is 8.78 Å². The van der Waals surface area contributed by atoms with E-state index in [1.165, 1.54) is 0 Å². The molecule has 0 unspecified atom stereocenters. The van der Waals surface area contributed by atoms with Crippen LogP contribution in [0.1, 0.15) is 43.0 Å². The third-order valence-corrected chi connectivity index (χ3v) is 3.64. The van der Waals surface area contributed by atoms with E-state index in [1.807, 2.05) is 0 Å². The van der Waals surface area contributed by atoms with E-state index in [4.69, 9.17) is 4.74 Å². The lowest BCUT2D eigenvalue weighted by molar-refractivity contribution is 0.0215. The van der Waals surface area contributed by atoms with Gasteiger partial charge in [0.05, 0.1) is 11.7 Å². The summed E-state index contributed by atoms with van der Waals surface area (Å²) in [7, 11) is 0. The van der Waals surface area contributed by atoms with Gasteiger partial charge in [-0.2, -0.15) is 0 Å². The van der Waals surface area contributed by atoms with Gasteiger partial charge in [0.1, 0.15) is 18.2 Å². The Labute approximate surface area is 111 Å². The molecule has 0 saturated heterocycles. The van der Waals surface area contributed by atoms with Crippen molar-refractivity contribution in [1.29, 1.82) is 0 Å². The Hall–Kier alpha value is -1.29. The van der Waals surface area contributed by atoms with Crippen LogP contribution in [0.25, 0.3) is 0 Å². The van der Waals surface area contributed by atoms with Crippen molar-refractivity contribution in [2.45, 2.75) is 38.7 Å².